The van der Waals surface area contributed by atoms with Crippen molar-refractivity contribution in [3.05, 3.63) is 77.5 Å². The van der Waals surface area contributed by atoms with Crippen LogP contribution >= 0.6 is 0 Å². The van der Waals surface area contributed by atoms with Gasteiger partial charge in [-0.1, -0.05) is 36.4 Å². The van der Waals surface area contributed by atoms with E-state index in [1.54, 1.807) is 37.3 Å². The number of hydrogen-bond donors (Lipinski definition) is 1. The molecule has 2 aromatic rings. The molecular weight excluding hydrogens is 291 g/mol. The molecule has 0 heterocycles. The van der Waals surface area contributed by atoms with E-state index in [2.05, 4.69) is 5.32 Å². The van der Waals surface area contributed by atoms with Crippen molar-refractivity contribution in [2.75, 3.05) is 5.32 Å². The molecule has 0 atom stereocenters. The Balaban J connectivity index is 2.13. The summed E-state index contributed by atoms with van der Waals surface area (Å²) >= 11 is 0. The Morgan fingerprint density at radius 1 is 1.05 bits per heavy atom. The second-order valence-electron chi connectivity index (χ2n) is 4.76. The van der Waals surface area contributed by atoms with Crippen LogP contribution in [-0.4, -0.2) is 5.78 Å². The average Bonchev–Trinajstić information content (AvgIpc) is 2.47. The number of halogens is 3. The zero-order chi connectivity index (χ0) is 16.2. The number of carbonyl (C=O) groups excluding carboxylic acids is 1. The summed E-state index contributed by atoms with van der Waals surface area (Å²) in [5.74, 6) is -0.211. The summed E-state index contributed by atoms with van der Waals surface area (Å²) < 4.78 is 37.9. The van der Waals surface area contributed by atoms with E-state index in [0.29, 0.717) is 11.3 Å². The van der Waals surface area contributed by atoms with E-state index in [9.17, 15) is 18.0 Å². The first-order chi connectivity index (χ1) is 10.4. The SMILES string of the molecule is CC(=CC(=O)c1ccccc1)Nc1cccc(C(F)(F)F)c1. The second-order valence-corrected chi connectivity index (χ2v) is 4.76. The molecule has 0 amide bonds. The molecule has 0 spiro atoms. The van der Waals surface area contributed by atoms with E-state index in [1.165, 1.54) is 18.2 Å². The van der Waals surface area contributed by atoms with Gasteiger partial charge in [0, 0.05) is 23.0 Å². The zero-order valence-electron chi connectivity index (χ0n) is 11.8. The average molecular weight is 305 g/mol. The van der Waals surface area contributed by atoms with Crippen molar-refractivity contribution in [1.29, 1.82) is 0 Å². The monoisotopic (exact) mass is 305 g/mol. The fraction of sp³-hybridized carbons (Fsp3) is 0.118. The van der Waals surface area contributed by atoms with E-state index in [-0.39, 0.29) is 11.5 Å². The second kappa shape index (κ2) is 6.47. The summed E-state index contributed by atoms with van der Waals surface area (Å²) in [6.45, 7) is 1.63. The van der Waals surface area contributed by atoms with Crippen LogP contribution in [0.1, 0.15) is 22.8 Å². The van der Waals surface area contributed by atoms with Crippen molar-refractivity contribution in [3.8, 4) is 0 Å². The Morgan fingerprint density at radius 3 is 2.36 bits per heavy atom. The number of rotatable bonds is 4. The largest absolute Gasteiger partial charge is 0.416 e. The highest BCUT2D eigenvalue weighted by Crippen LogP contribution is 2.30. The van der Waals surface area contributed by atoms with Gasteiger partial charge in [0.2, 0.25) is 0 Å². The number of carbonyl (C=O) groups is 1. The van der Waals surface area contributed by atoms with Gasteiger partial charge in [0.15, 0.2) is 5.78 Å². The molecule has 0 unspecified atom stereocenters. The molecule has 2 nitrogen and oxygen atoms in total. The number of nitrogens with one attached hydrogen (secondary N) is 1. The molecule has 0 saturated heterocycles. The minimum atomic E-state index is -4.39. The predicted molar refractivity (Wildman–Crippen MR) is 79.6 cm³/mol. The molecule has 1 N–H and O–H groups in total. The summed E-state index contributed by atoms with van der Waals surface area (Å²) in [6, 6.07) is 13.5. The minimum Gasteiger partial charge on any atom is -0.359 e. The third-order valence-electron chi connectivity index (χ3n) is 2.94. The number of benzene rings is 2. The fourth-order valence-electron chi connectivity index (χ4n) is 1.92. The zero-order valence-corrected chi connectivity index (χ0v) is 11.8. The highest BCUT2D eigenvalue weighted by atomic mass is 19.4. The van der Waals surface area contributed by atoms with Crippen molar-refractivity contribution in [3.63, 3.8) is 0 Å². The maximum atomic E-state index is 12.6. The van der Waals surface area contributed by atoms with E-state index in [4.69, 9.17) is 0 Å². The van der Waals surface area contributed by atoms with Gasteiger partial charge < -0.3 is 5.32 Å². The van der Waals surface area contributed by atoms with Crippen LogP contribution in [0.2, 0.25) is 0 Å². The third-order valence-corrected chi connectivity index (χ3v) is 2.94. The lowest BCUT2D eigenvalue weighted by Crippen LogP contribution is -2.06. The van der Waals surface area contributed by atoms with E-state index in [1.807, 2.05) is 0 Å². The number of hydrogen-bond acceptors (Lipinski definition) is 2. The van der Waals surface area contributed by atoms with E-state index in [0.717, 1.165) is 12.1 Å². The van der Waals surface area contributed by atoms with Gasteiger partial charge in [0.05, 0.1) is 5.56 Å². The van der Waals surface area contributed by atoms with Gasteiger partial charge in [-0.05, 0) is 25.1 Å². The highest BCUT2D eigenvalue weighted by molar-refractivity contribution is 6.05. The molecule has 2 aromatic carbocycles. The van der Waals surface area contributed by atoms with Crippen molar-refractivity contribution in [1.82, 2.24) is 0 Å². The molecule has 0 bridgehead atoms. The molecule has 2 rings (SSSR count). The van der Waals surface area contributed by atoms with Crippen molar-refractivity contribution >= 4 is 11.5 Å². The molecule has 114 valence electrons. The van der Waals surface area contributed by atoms with Crippen LogP contribution < -0.4 is 5.32 Å². The highest BCUT2D eigenvalue weighted by Gasteiger charge is 2.30. The molecule has 0 aliphatic carbocycles. The maximum Gasteiger partial charge on any atom is 0.416 e. The van der Waals surface area contributed by atoms with Gasteiger partial charge in [-0.15, -0.1) is 0 Å². The molecular formula is C17H14F3NO. The molecule has 5 heteroatoms. The summed E-state index contributed by atoms with van der Waals surface area (Å²) in [4.78, 5) is 12.0. The van der Waals surface area contributed by atoms with Crippen LogP contribution in [-0.2, 0) is 6.18 Å². The first kappa shape index (κ1) is 15.8. The molecule has 0 fully saturated rings. The maximum absolute atomic E-state index is 12.6. The van der Waals surface area contributed by atoms with Gasteiger partial charge in [-0.2, -0.15) is 13.2 Å². The number of allylic oxidation sites excluding steroid dienone is 2. The Hall–Kier alpha value is -2.56. The lowest BCUT2D eigenvalue weighted by Gasteiger charge is -2.10. The molecule has 0 aliphatic rings. The Kier molecular flexibility index (Phi) is 4.65. The van der Waals surface area contributed by atoms with Crippen molar-refractivity contribution in [2.45, 2.75) is 13.1 Å². The smallest absolute Gasteiger partial charge is 0.359 e. The predicted octanol–water partition coefficient (Wildman–Crippen LogP) is 4.90. The summed E-state index contributed by atoms with van der Waals surface area (Å²) in [7, 11) is 0. The van der Waals surface area contributed by atoms with Crippen molar-refractivity contribution in [2.24, 2.45) is 0 Å². The molecule has 0 aliphatic heterocycles. The Bertz CT molecular complexity index is 691. The lowest BCUT2D eigenvalue weighted by atomic mass is 10.1. The topological polar surface area (TPSA) is 29.1 Å². The standard InChI is InChI=1S/C17H14F3NO/c1-12(10-16(22)13-6-3-2-4-7-13)21-15-9-5-8-14(11-15)17(18,19)20/h2-11,21H,1H3. The van der Waals surface area contributed by atoms with Crippen LogP contribution in [0.25, 0.3) is 0 Å². The quantitative estimate of drug-likeness (QED) is 0.642. The number of alkyl halides is 3. The number of anilines is 1. The minimum absolute atomic E-state index is 0.211. The number of ketones is 1. The Morgan fingerprint density at radius 2 is 1.73 bits per heavy atom. The van der Waals surface area contributed by atoms with Crippen LogP contribution in [0.5, 0.6) is 0 Å². The lowest BCUT2D eigenvalue weighted by molar-refractivity contribution is -0.137. The first-order valence-electron chi connectivity index (χ1n) is 6.58. The van der Waals surface area contributed by atoms with E-state index < -0.39 is 11.7 Å². The Labute approximate surface area is 126 Å². The molecule has 0 radical (unpaired) electrons. The van der Waals surface area contributed by atoms with E-state index >= 15 is 0 Å². The summed E-state index contributed by atoms with van der Waals surface area (Å²) in [5, 5.41) is 2.80. The van der Waals surface area contributed by atoms with Gasteiger partial charge in [-0.3, -0.25) is 4.79 Å². The van der Waals surface area contributed by atoms with Gasteiger partial charge >= 0.3 is 6.18 Å². The van der Waals surface area contributed by atoms with Gasteiger partial charge in [-0.25, -0.2) is 0 Å². The normalized spacial score (nSPS) is 12.1. The van der Waals surface area contributed by atoms with Crippen molar-refractivity contribution < 1.29 is 18.0 Å². The summed E-state index contributed by atoms with van der Waals surface area (Å²) in [5.41, 5.74) is 0.532. The molecule has 0 saturated carbocycles. The van der Waals surface area contributed by atoms with Crippen LogP contribution in [0.15, 0.2) is 66.4 Å². The molecule has 0 aromatic heterocycles. The van der Waals surface area contributed by atoms with Gasteiger partial charge in [0.25, 0.3) is 0 Å². The molecule has 22 heavy (non-hydrogen) atoms. The van der Waals surface area contributed by atoms with Crippen LogP contribution in [0.4, 0.5) is 18.9 Å². The van der Waals surface area contributed by atoms with Crippen LogP contribution in [0, 0.1) is 0 Å². The first-order valence-corrected chi connectivity index (χ1v) is 6.58. The third kappa shape index (κ3) is 4.22. The fourth-order valence-corrected chi connectivity index (χ4v) is 1.92. The van der Waals surface area contributed by atoms with Crippen LogP contribution in [0.3, 0.4) is 0 Å². The van der Waals surface area contributed by atoms with Gasteiger partial charge in [0.1, 0.15) is 0 Å². The summed E-state index contributed by atoms with van der Waals surface area (Å²) in [6.07, 6.45) is -3.04.